The normalized spacial score (nSPS) is 11.4. The molecule has 0 saturated carbocycles. The second-order valence-corrected chi connectivity index (χ2v) is 8.61. The summed E-state index contributed by atoms with van der Waals surface area (Å²) in [6.45, 7) is 4.00. The molecular weight excluding hydrogens is 444 g/mol. The zero-order valence-corrected chi connectivity index (χ0v) is 18.5. The lowest BCUT2D eigenvalue weighted by molar-refractivity contribution is 0.429. The third kappa shape index (κ3) is 3.82. The number of pyridine rings is 1. The summed E-state index contributed by atoms with van der Waals surface area (Å²) in [6.07, 6.45) is 1.72. The summed E-state index contributed by atoms with van der Waals surface area (Å²) in [5.41, 5.74) is 3.18. The van der Waals surface area contributed by atoms with Gasteiger partial charge in [-0.25, -0.2) is 13.8 Å². The Balaban J connectivity index is 1.80. The first-order valence-corrected chi connectivity index (χ1v) is 11.0. The highest BCUT2D eigenvalue weighted by Crippen LogP contribution is 2.41. The fourth-order valence-electron chi connectivity index (χ4n) is 3.87. The van der Waals surface area contributed by atoms with Crippen LogP contribution in [-0.2, 0) is 15.9 Å². The van der Waals surface area contributed by atoms with E-state index in [0.717, 1.165) is 39.2 Å². The van der Waals surface area contributed by atoms with Crippen LogP contribution in [0.3, 0.4) is 0 Å². The molecule has 0 amide bonds. The van der Waals surface area contributed by atoms with Crippen molar-refractivity contribution in [2.75, 3.05) is 0 Å². The molecule has 8 heteroatoms. The molecule has 0 aliphatic carbocycles. The first kappa shape index (κ1) is 21.1. The Bertz CT molecular complexity index is 1510. The molecule has 0 aliphatic rings. The van der Waals surface area contributed by atoms with Crippen LogP contribution < -0.4 is 4.74 Å². The van der Waals surface area contributed by atoms with Gasteiger partial charge in [0.25, 0.3) is 4.90 Å². The van der Waals surface area contributed by atoms with Crippen LogP contribution in [0.25, 0.3) is 32.8 Å². The number of benzene rings is 3. The van der Waals surface area contributed by atoms with Crippen LogP contribution in [0.5, 0.6) is 11.6 Å². The lowest BCUT2D eigenvalue weighted by Crippen LogP contribution is -2.02. The minimum atomic E-state index is -0.651. The standard InChI is InChI=1S/C25H18F2N3O2S/c1-13(2)24-23(14-3-5-16(26)6-4-14)18-9-15-12-28-30-21(15)11-19(18)25(29-24)32-22-8-7-17(33-31)10-20(22)27/h3-13H,1-2H3,(H,28,30)/q+1. The molecule has 2 heterocycles. The number of fused-ring (bicyclic) bond motifs is 2. The van der Waals surface area contributed by atoms with Gasteiger partial charge >= 0.3 is 11.7 Å². The van der Waals surface area contributed by atoms with Crippen LogP contribution >= 0.6 is 0 Å². The summed E-state index contributed by atoms with van der Waals surface area (Å²) in [5.74, 6) is -0.773. The zero-order chi connectivity index (χ0) is 23.1. The van der Waals surface area contributed by atoms with Crippen LogP contribution in [0.1, 0.15) is 25.5 Å². The van der Waals surface area contributed by atoms with Gasteiger partial charge in [-0.05, 0) is 47.2 Å². The van der Waals surface area contributed by atoms with Crippen molar-refractivity contribution in [1.29, 1.82) is 0 Å². The fraction of sp³-hybridized carbons (Fsp3) is 0.120. The van der Waals surface area contributed by atoms with Crippen molar-refractivity contribution in [3.05, 3.63) is 78.1 Å². The number of nitrogens with zero attached hydrogens (tertiary/aromatic N) is 2. The SMILES string of the molecule is CC(C)c1nc(Oc2ccc([S+]=O)cc2F)c2cc3[nH]ncc3cc2c1-c1ccc(F)cc1. The van der Waals surface area contributed by atoms with E-state index in [1.165, 1.54) is 24.3 Å². The van der Waals surface area contributed by atoms with E-state index in [1.807, 2.05) is 26.0 Å². The molecule has 0 fully saturated rings. The number of hydrogen-bond donors (Lipinski definition) is 1. The molecule has 5 nitrogen and oxygen atoms in total. The number of ether oxygens (including phenoxy) is 1. The van der Waals surface area contributed by atoms with E-state index in [2.05, 4.69) is 10.2 Å². The van der Waals surface area contributed by atoms with Crippen LogP contribution in [0.4, 0.5) is 8.78 Å². The molecule has 0 saturated heterocycles. The number of aromatic nitrogens is 3. The smallest absolute Gasteiger partial charge is 0.435 e. The van der Waals surface area contributed by atoms with Crippen molar-refractivity contribution in [2.24, 2.45) is 0 Å². The molecule has 3 aromatic carbocycles. The maximum Gasteiger partial charge on any atom is 0.505 e. The second kappa shape index (κ2) is 8.29. The highest BCUT2D eigenvalue weighted by molar-refractivity contribution is 7.65. The van der Waals surface area contributed by atoms with Crippen molar-refractivity contribution in [1.82, 2.24) is 15.2 Å². The van der Waals surface area contributed by atoms with Crippen molar-refractivity contribution < 1.29 is 17.7 Å². The average Bonchev–Trinajstić information content (AvgIpc) is 3.27. The number of H-pyrrole nitrogens is 1. The molecule has 0 bridgehead atoms. The Labute approximate surface area is 191 Å². The molecule has 0 spiro atoms. The minimum Gasteiger partial charge on any atom is -0.435 e. The monoisotopic (exact) mass is 462 g/mol. The summed E-state index contributed by atoms with van der Waals surface area (Å²) in [4.78, 5) is 5.04. The van der Waals surface area contributed by atoms with Crippen LogP contribution in [0, 0.1) is 11.6 Å². The van der Waals surface area contributed by atoms with Crippen LogP contribution in [0.2, 0.25) is 0 Å². The molecule has 0 aliphatic heterocycles. The summed E-state index contributed by atoms with van der Waals surface area (Å²) >= 11 is 0.211. The zero-order valence-electron chi connectivity index (χ0n) is 17.7. The molecule has 2 aromatic heterocycles. The van der Waals surface area contributed by atoms with Crippen molar-refractivity contribution >= 4 is 33.3 Å². The van der Waals surface area contributed by atoms with Gasteiger partial charge in [0.2, 0.25) is 5.88 Å². The Morgan fingerprint density at radius 1 is 1.00 bits per heavy atom. The minimum absolute atomic E-state index is 0.000867. The number of aromatic amines is 1. The lowest BCUT2D eigenvalue weighted by atomic mass is 9.92. The molecule has 0 radical (unpaired) electrons. The quantitative estimate of drug-likeness (QED) is 0.293. The van der Waals surface area contributed by atoms with Gasteiger partial charge in [0.15, 0.2) is 11.6 Å². The van der Waals surface area contributed by atoms with E-state index in [1.54, 1.807) is 18.3 Å². The number of rotatable bonds is 5. The van der Waals surface area contributed by atoms with Gasteiger partial charge in [0.05, 0.1) is 17.4 Å². The highest BCUT2D eigenvalue weighted by Gasteiger charge is 2.21. The van der Waals surface area contributed by atoms with Crippen molar-refractivity contribution in [3.8, 4) is 22.8 Å². The third-order valence-electron chi connectivity index (χ3n) is 5.44. The maximum absolute atomic E-state index is 14.6. The topological polar surface area (TPSA) is 67.9 Å². The van der Waals surface area contributed by atoms with Crippen molar-refractivity contribution in [3.63, 3.8) is 0 Å². The Kier molecular flexibility index (Phi) is 5.30. The molecule has 164 valence electrons. The summed E-state index contributed by atoms with van der Waals surface area (Å²) < 4.78 is 45.2. The summed E-state index contributed by atoms with van der Waals surface area (Å²) in [6, 6.07) is 14.2. The first-order valence-electron chi connectivity index (χ1n) is 10.3. The van der Waals surface area contributed by atoms with E-state index in [4.69, 9.17) is 9.72 Å². The average molecular weight is 463 g/mol. The lowest BCUT2D eigenvalue weighted by Gasteiger charge is -2.19. The van der Waals surface area contributed by atoms with E-state index in [0.29, 0.717) is 5.39 Å². The molecule has 0 unspecified atom stereocenters. The predicted molar refractivity (Wildman–Crippen MR) is 124 cm³/mol. The summed E-state index contributed by atoms with van der Waals surface area (Å²) in [5, 5.41) is 9.42. The van der Waals surface area contributed by atoms with Gasteiger partial charge in [-0.1, -0.05) is 26.0 Å². The molecule has 5 rings (SSSR count). The number of nitrogens with one attached hydrogen (secondary N) is 1. The molecular formula is C25H18F2N3O2S+. The van der Waals surface area contributed by atoms with Gasteiger partial charge < -0.3 is 4.74 Å². The summed E-state index contributed by atoms with van der Waals surface area (Å²) in [7, 11) is 0. The molecule has 5 aromatic rings. The van der Waals surface area contributed by atoms with E-state index in [-0.39, 0.29) is 39.9 Å². The van der Waals surface area contributed by atoms with Gasteiger partial charge in [-0.3, -0.25) is 5.10 Å². The van der Waals surface area contributed by atoms with Crippen molar-refractivity contribution in [2.45, 2.75) is 24.7 Å². The highest BCUT2D eigenvalue weighted by atomic mass is 32.1. The van der Waals surface area contributed by atoms with E-state index >= 15 is 0 Å². The van der Waals surface area contributed by atoms with Gasteiger partial charge in [-0.2, -0.15) is 5.10 Å². The Morgan fingerprint density at radius 2 is 1.79 bits per heavy atom. The van der Waals surface area contributed by atoms with E-state index < -0.39 is 5.82 Å². The predicted octanol–water partition coefficient (Wildman–Crippen LogP) is 6.76. The number of halogens is 2. The Hall–Kier alpha value is -3.78. The maximum atomic E-state index is 14.6. The fourth-order valence-corrected chi connectivity index (χ4v) is 4.15. The van der Waals surface area contributed by atoms with Gasteiger partial charge in [-0.15, -0.1) is 0 Å². The van der Waals surface area contributed by atoms with Crippen LogP contribution in [0.15, 0.2) is 65.7 Å². The van der Waals surface area contributed by atoms with Gasteiger partial charge in [0, 0.05) is 32.7 Å². The Morgan fingerprint density at radius 3 is 2.48 bits per heavy atom. The molecule has 1 N–H and O–H groups in total. The van der Waals surface area contributed by atoms with Gasteiger partial charge in [0.1, 0.15) is 5.82 Å². The molecule has 0 atom stereocenters. The van der Waals surface area contributed by atoms with Crippen LogP contribution in [-0.4, -0.2) is 15.2 Å². The van der Waals surface area contributed by atoms with E-state index in [9.17, 15) is 13.0 Å². The largest absolute Gasteiger partial charge is 0.505 e. The molecule has 33 heavy (non-hydrogen) atoms. The number of hydrogen-bond acceptors (Lipinski definition) is 4. The third-order valence-corrected chi connectivity index (χ3v) is 5.89. The second-order valence-electron chi connectivity index (χ2n) is 7.97. The first-order chi connectivity index (χ1) is 15.9.